The van der Waals surface area contributed by atoms with Crippen LogP contribution in [0.15, 0.2) is 58.0 Å². The summed E-state index contributed by atoms with van der Waals surface area (Å²) in [5, 5.41) is 11.6. The Balaban J connectivity index is 2.04. The van der Waals surface area contributed by atoms with Crippen LogP contribution in [0.1, 0.15) is 29.3 Å². The molecule has 0 unspecified atom stereocenters. The molecule has 2 aromatic carbocycles. The van der Waals surface area contributed by atoms with Crippen LogP contribution in [0.5, 0.6) is 0 Å². The van der Waals surface area contributed by atoms with Gasteiger partial charge in [-0.1, -0.05) is 30.3 Å². The molecule has 3 rings (SSSR count). The van der Waals surface area contributed by atoms with Gasteiger partial charge < -0.3 is 21.3 Å². The Morgan fingerprint density at radius 3 is 2.39 bits per heavy atom. The van der Waals surface area contributed by atoms with E-state index in [1.54, 1.807) is 37.3 Å². The van der Waals surface area contributed by atoms with Gasteiger partial charge in [0.15, 0.2) is 0 Å². The number of aliphatic hydroxyl groups is 1. The number of nitrogens with two attached hydrogens (primary N) is 2. The Morgan fingerprint density at radius 2 is 1.73 bits per heavy atom. The van der Waals surface area contributed by atoms with Crippen molar-refractivity contribution < 1.29 is 14.6 Å². The zero-order valence-electron chi connectivity index (χ0n) is 19.0. The maximum atomic E-state index is 12.5. The normalized spacial score (nSPS) is 13.1. The van der Waals surface area contributed by atoms with Crippen LogP contribution in [-0.2, 0) is 9.53 Å². The van der Waals surface area contributed by atoms with Gasteiger partial charge in [0.05, 0.1) is 17.8 Å². The summed E-state index contributed by atoms with van der Waals surface area (Å²) in [6.07, 6.45) is 0. The van der Waals surface area contributed by atoms with Crippen molar-refractivity contribution in [2.45, 2.75) is 27.7 Å². The number of carbonyl (C=O) groups excluding carboxylic acids is 1. The van der Waals surface area contributed by atoms with E-state index in [-0.39, 0.29) is 35.7 Å². The van der Waals surface area contributed by atoms with E-state index >= 15 is 0 Å². The number of aliphatic hydroxyl groups excluding tert-OH is 1. The molecule has 9 nitrogen and oxygen atoms in total. The number of aliphatic imine (C=N–C) groups is 2. The number of hydrogen-bond acceptors (Lipinski definition) is 6. The van der Waals surface area contributed by atoms with Crippen LogP contribution in [0, 0.1) is 20.8 Å². The summed E-state index contributed by atoms with van der Waals surface area (Å²) >= 11 is 0. The lowest BCUT2D eigenvalue weighted by atomic mass is 10.1. The molecule has 0 spiro atoms. The predicted octanol–water partition coefficient (Wildman–Crippen LogP) is 3.39. The van der Waals surface area contributed by atoms with Crippen molar-refractivity contribution in [1.82, 2.24) is 9.97 Å². The number of ether oxygens (including phenoxy) is 1. The molecule has 1 heterocycles. The molecule has 3 aromatic rings. The van der Waals surface area contributed by atoms with Crippen LogP contribution in [0.3, 0.4) is 0 Å². The number of esters is 1. The molecular weight excluding hydrogens is 420 g/mol. The number of aryl methyl sites for hydroxylation is 3. The number of carbonyl (C=O) groups is 1. The van der Waals surface area contributed by atoms with Crippen LogP contribution >= 0.6 is 0 Å². The maximum absolute atomic E-state index is 12.5. The molecule has 0 amide bonds. The minimum absolute atomic E-state index is 0.0877. The average molecular weight is 447 g/mol. The smallest absolute Gasteiger partial charge is 0.345 e. The van der Waals surface area contributed by atoms with Crippen LogP contribution in [0.25, 0.3) is 16.7 Å². The lowest BCUT2D eigenvalue weighted by molar-refractivity contribution is -0.137. The minimum Gasteiger partial charge on any atom is -0.506 e. The number of nitrogens with zero attached hydrogens (tertiary/aromatic N) is 4. The molecule has 5 N–H and O–H groups in total. The molecule has 9 heteroatoms. The van der Waals surface area contributed by atoms with Gasteiger partial charge >= 0.3 is 5.97 Å². The highest BCUT2D eigenvalue weighted by molar-refractivity contribution is 6.24. The third-order valence-electron chi connectivity index (χ3n) is 4.96. The summed E-state index contributed by atoms with van der Waals surface area (Å²) in [6, 6.07) is 12.4. The third-order valence-corrected chi connectivity index (χ3v) is 4.96. The summed E-state index contributed by atoms with van der Waals surface area (Å²) in [5.41, 5.74) is 15.7. The topological polar surface area (TPSA) is 149 Å². The third kappa shape index (κ3) is 5.32. The van der Waals surface area contributed by atoms with E-state index in [0.29, 0.717) is 5.56 Å². The first kappa shape index (κ1) is 23.4. The number of fused-ring (bicyclic) bond motifs is 1. The first-order chi connectivity index (χ1) is 15.7. The Morgan fingerprint density at radius 1 is 1.06 bits per heavy atom. The summed E-state index contributed by atoms with van der Waals surface area (Å²) in [5.74, 6) is -1.74. The van der Waals surface area contributed by atoms with Crippen LogP contribution in [0.2, 0.25) is 0 Å². The monoisotopic (exact) mass is 446 g/mol. The van der Waals surface area contributed by atoms with Gasteiger partial charge in [-0.2, -0.15) is 9.98 Å². The zero-order valence-corrected chi connectivity index (χ0v) is 19.0. The van der Waals surface area contributed by atoms with Gasteiger partial charge in [0, 0.05) is 10.9 Å². The highest BCUT2D eigenvalue weighted by Gasteiger charge is 2.22. The SMILES string of the molecule is CCOC(=O)C(/C(N)=N/C(N)=N\c1nc(C)c2cc(C)c(C)cc2n1)=C(/O)c1ccccc1. The van der Waals surface area contributed by atoms with Crippen molar-refractivity contribution in [3.8, 4) is 0 Å². The highest BCUT2D eigenvalue weighted by atomic mass is 16.5. The fourth-order valence-corrected chi connectivity index (χ4v) is 3.15. The van der Waals surface area contributed by atoms with Crippen LogP contribution in [-0.4, -0.2) is 39.4 Å². The van der Waals surface area contributed by atoms with E-state index < -0.39 is 5.97 Å². The molecular formula is C24H26N6O3. The molecule has 0 aliphatic carbocycles. The molecule has 170 valence electrons. The van der Waals surface area contributed by atoms with Gasteiger partial charge in [-0.25, -0.2) is 14.8 Å². The van der Waals surface area contributed by atoms with Crippen LogP contribution in [0.4, 0.5) is 5.95 Å². The lowest BCUT2D eigenvalue weighted by Crippen LogP contribution is -2.27. The predicted molar refractivity (Wildman–Crippen MR) is 129 cm³/mol. The van der Waals surface area contributed by atoms with E-state index in [2.05, 4.69) is 20.0 Å². The molecule has 1 aromatic heterocycles. The number of hydrogen-bond donors (Lipinski definition) is 3. The van der Waals surface area contributed by atoms with Gasteiger partial charge in [0.25, 0.3) is 5.95 Å². The van der Waals surface area contributed by atoms with E-state index in [1.165, 1.54) is 0 Å². The van der Waals surface area contributed by atoms with Crippen molar-refractivity contribution >= 4 is 40.4 Å². The molecule has 0 radical (unpaired) electrons. The molecule has 0 saturated heterocycles. The minimum atomic E-state index is -0.837. The Labute approximate surface area is 191 Å². The second kappa shape index (κ2) is 9.90. The lowest BCUT2D eigenvalue weighted by Gasteiger charge is -2.10. The largest absolute Gasteiger partial charge is 0.506 e. The quantitative estimate of drug-likeness (QED) is 0.179. The van der Waals surface area contributed by atoms with Gasteiger partial charge in [-0.3, -0.25) is 0 Å². The summed E-state index contributed by atoms with van der Waals surface area (Å²) in [4.78, 5) is 29.4. The van der Waals surface area contributed by atoms with E-state index in [1.807, 2.05) is 32.9 Å². The second-order valence-corrected chi connectivity index (χ2v) is 7.34. The van der Waals surface area contributed by atoms with E-state index in [9.17, 15) is 9.90 Å². The molecule has 0 aliphatic heterocycles. The summed E-state index contributed by atoms with van der Waals surface area (Å²) in [7, 11) is 0. The molecule has 0 atom stereocenters. The van der Waals surface area contributed by atoms with E-state index in [4.69, 9.17) is 16.2 Å². The average Bonchev–Trinajstić information content (AvgIpc) is 2.76. The maximum Gasteiger partial charge on any atom is 0.345 e. The number of guanidine groups is 1. The van der Waals surface area contributed by atoms with Crippen LogP contribution < -0.4 is 11.5 Å². The van der Waals surface area contributed by atoms with E-state index in [0.717, 1.165) is 27.7 Å². The summed E-state index contributed by atoms with van der Waals surface area (Å²) < 4.78 is 5.03. The Hall–Kier alpha value is -4.27. The van der Waals surface area contributed by atoms with Gasteiger partial charge in [-0.05, 0) is 51.0 Å². The first-order valence-corrected chi connectivity index (χ1v) is 10.3. The van der Waals surface area contributed by atoms with Gasteiger partial charge in [0.2, 0.25) is 5.96 Å². The number of amidine groups is 1. The molecule has 33 heavy (non-hydrogen) atoms. The Bertz CT molecular complexity index is 1300. The molecule has 0 saturated carbocycles. The highest BCUT2D eigenvalue weighted by Crippen LogP contribution is 2.22. The summed E-state index contributed by atoms with van der Waals surface area (Å²) in [6.45, 7) is 7.60. The van der Waals surface area contributed by atoms with Crippen molar-refractivity contribution in [3.05, 3.63) is 70.4 Å². The van der Waals surface area contributed by atoms with Crippen molar-refractivity contribution in [2.75, 3.05) is 6.61 Å². The zero-order chi connectivity index (χ0) is 24.1. The van der Waals surface area contributed by atoms with Crippen molar-refractivity contribution in [2.24, 2.45) is 21.5 Å². The van der Waals surface area contributed by atoms with Gasteiger partial charge in [0.1, 0.15) is 17.2 Å². The number of aromatic nitrogens is 2. The fraction of sp³-hybridized carbons (Fsp3) is 0.208. The fourth-order valence-electron chi connectivity index (χ4n) is 3.15. The molecule has 0 fully saturated rings. The van der Waals surface area contributed by atoms with Crippen molar-refractivity contribution in [1.29, 1.82) is 0 Å². The number of rotatable bonds is 5. The second-order valence-electron chi connectivity index (χ2n) is 7.34. The van der Waals surface area contributed by atoms with Gasteiger partial charge in [-0.15, -0.1) is 0 Å². The molecule has 0 bridgehead atoms. The molecule has 0 aliphatic rings. The standard InChI is InChI=1S/C24H26N6O3/c1-5-33-22(32)19(20(31)16-9-7-6-8-10-16)21(25)29-23(26)30-24-27-15(4)17-11-13(2)14(3)12-18(17)28-24/h6-12,31H,5H2,1-4H3,(H4,25,26,27,28,29,30)/b20-19+. The van der Waals surface area contributed by atoms with Crippen molar-refractivity contribution in [3.63, 3.8) is 0 Å². The Kier molecular flexibility index (Phi) is 7.02. The first-order valence-electron chi connectivity index (χ1n) is 10.3. The number of benzene rings is 2.